The smallest absolute Gasteiger partial charge is 0.266 e. The molecule has 4 N–H and O–H groups in total. The van der Waals surface area contributed by atoms with E-state index in [4.69, 9.17) is 5.73 Å². The van der Waals surface area contributed by atoms with Crippen LogP contribution in [0.5, 0.6) is 0 Å². The van der Waals surface area contributed by atoms with Gasteiger partial charge in [0, 0.05) is 15.6 Å². The molecule has 4 nitrogen and oxygen atoms in total. The van der Waals surface area contributed by atoms with E-state index in [2.05, 4.69) is 42.2 Å². The number of benzene rings is 2. The molecule has 0 aliphatic heterocycles. The Hall–Kier alpha value is -2.47. The van der Waals surface area contributed by atoms with Crippen LogP contribution in [-0.2, 0) is 6.61 Å². The van der Waals surface area contributed by atoms with Crippen molar-refractivity contribution in [2.45, 2.75) is 33.3 Å². The molecule has 2 aromatic carbocycles. The topological polar surface area (TPSA) is 79.1 Å². The SMILES string of the molecule is Cc1cc2c(s1)c(=O)[nH]c1c(C)cc(CO)c(-c3ccc([C@@H](C)CN)cc3)c12. The summed E-state index contributed by atoms with van der Waals surface area (Å²) in [6.07, 6.45) is 0. The number of hydrogen-bond donors (Lipinski definition) is 3. The summed E-state index contributed by atoms with van der Waals surface area (Å²) in [7, 11) is 0. The molecule has 0 amide bonds. The van der Waals surface area contributed by atoms with Crippen LogP contribution in [0.1, 0.15) is 34.4 Å². The number of H-pyrrole nitrogens is 1. The average Bonchev–Trinajstić information content (AvgIpc) is 3.10. The van der Waals surface area contributed by atoms with Gasteiger partial charge in [0.05, 0.1) is 12.1 Å². The van der Waals surface area contributed by atoms with Crippen molar-refractivity contribution in [1.82, 2.24) is 4.98 Å². The van der Waals surface area contributed by atoms with E-state index in [0.29, 0.717) is 12.5 Å². The molecule has 144 valence electrons. The molecule has 0 unspecified atom stereocenters. The second-order valence-electron chi connectivity index (χ2n) is 7.45. The number of aryl methyl sites for hydroxylation is 2. The Morgan fingerprint density at radius 2 is 1.89 bits per heavy atom. The molecular weight excluding hydrogens is 368 g/mol. The molecule has 2 aromatic heterocycles. The molecule has 0 aliphatic carbocycles. The number of aliphatic hydroxyl groups is 1. The Labute approximate surface area is 167 Å². The summed E-state index contributed by atoms with van der Waals surface area (Å²) in [4.78, 5) is 16.8. The van der Waals surface area contributed by atoms with Gasteiger partial charge in [-0.1, -0.05) is 37.3 Å². The van der Waals surface area contributed by atoms with E-state index in [9.17, 15) is 9.90 Å². The summed E-state index contributed by atoms with van der Waals surface area (Å²) >= 11 is 1.51. The number of fused-ring (bicyclic) bond motifs is 3. The summed E-state index contributed by atoms with van der Waals surface area (Å²) in [6, 6.07) is 12.4. The molecule has 2 heterocycles. The van der Waals surface area contributed by atoms with E-state index in [0.717, 1.165) is 48.1 Å². The van der Waals surface area contributed by atoms with Crippen LogP contribution >= 0.6 is 11.3 Å². The lowest BCUT2D eigenvalue weighted by Crippen LogP contribution is -2.08. The van der Waals surface area contributed by atoms with Crippen LogP contribution in [-0.4, -0.2) is 16.6 Å². The Balaban J connectivity index is 2.11. The quantitative estimate of drug-likeness (QED) is 0.476. The van der Waals surface area contributed by atoms with Crippen LogP contribution in [0, 0.1) is 13.8 Å². The van der Waals surface area contributed by atoms with Gasteiger partial charge in [-0.05, 0) is 60.2 Å². The highest BCUT2D eigenvalue weighted by Crippen LogP contribution is 2.39. The molecule has 0 saturated carbocycles. The van der Waals surface area contributed by atoms with Crippen molar-refractivity contribution in [2.24, 2.45) is 5.73 Å². The zero-order chi connectivity index (χ0) is 20.0. The van der Waals surface area contributed by atoms with Crippen LogP contribution in [0.15, 0.2) is 41.2 Å². The van der Waals surface area contributed by atoms with Crippen molar-refractivity contribution < 1.29 is 5.11 Å². The summed E-state index contributed by atoms with van der Waals surface area (Å²) in [5.41, 5.74) is 11.6. The van der Waals surface area contributed by atoms with Gasteiger partial charge in [-0.25, -0.2) is 0 Å². The first kappa shape index (κ1) is 18.9. The zero-order valence-corrected chi connectivity index (χ0v) is 17.1. The largest absolute Gasteiger partial charge is 0.392 e. The lowest BCUT2D eigenvalue weighted by Gasteiger charge is -2.16. The number of nitrogens with two attached hydrogens (primary N) is 1. The first-order valence-electron chi connectivity index (χ1n) is 9.44. The van der Waals surface area contributed by atoms with Crippen LogP contribution < -0.4 is 11.3 Å². The van der Waals surface area contributed by atoms with Gasteiger partial charge in [0.1, 0.15) is 4.70 Å². The lowest BCUT2D eigenvalue weighted by molar-refractivity contribution is 0.282. The van der Waals surface area contributed by atoms with Crippen molar-refractivity contribution in [2.75, 3.05) is 6.54 Å². The highest BCUT2D eigenvalue weighted by Gasteiger charge is 2.18. The van der Waals surface area contributed by atoms with Gasteiger partial charge in [-0.3, -0.25) is 4.79 Å². The summed E-state index contributed by atoms with van der Waals surface area (Å²) in [5.74, 6) is 0.295. The van der Waals surface area contributed by atoms with Crippen molar-refractivity contribution in [3.05, 3.63) is 68.3 Å². The normalized spacial score (nSPS) is 12.8. The first-order valence-corrected chi connectivity index (χ1v) is 10.3. The maximum atomic E-state index is 12.6. The van der Waals surface area contributed by atoms with Gasteiger partial charge < -0.3 is 15.8 Å². The molecule has 0 aliphatic rings. The fourth-order valence-corrected chi connectivity index (χ4v) is 4.84. The maximum Gasteiger partial charge on any atom is 0.266 e. The van der Waals surface area contributed by atoms with E-state index in [1.807, 2.05) is 19.9 Å². The van der Waals surface area contributed by atoms with Crippen molar-refractivity contribution >= 4 is 32.3 Å². The predicted molar refractivity (Wildman–Crippen MR) is 118 cm³/mol. The predicted octanol–water partition coefficient (Wildman–Crippen LogP) is 4.58. The van der Waals surface area contributed by atoms with Crippen LogP contribution in [0.3, 0.4) is 0 Å². The molecule has 0 bridgehead atoms. The Bertz CT molecular complexity index is 1240. The molecule has 0 radical (unpaired) electrons. The molecule has 5 heteroatoms. The second kappa shape index (κ2) is 7.17. The number of aliphatic hydroxyl groups excluding tert-OH is 1. The number of pyridine rings is 1. The van der Waals surface area contributed by atoms with E-state index in [-0.39, 0.29) is 12.2 Å². The number of thiophene rings is 1. The van der Waals surface area contributed by atoms with Crippen LogP contribution in [0.4, 0.5) is 0 Å². The van der Waals surface area contributed by atoms with E-state index in [1.165, 1.54) is 16.9 Å². The zero-order valence-electron chi connectivity index (χ0n) is 16.3. The number of hydrogen-bond acceptors (Lipinski definition) is 4. The monoisotopic (exact) mass is 392 g/mol. The van der Waals surface area contributed by atoms with Crippen LogP contribution in [0.25, 0.3) is 32.1 Å². The third kappa shape index (κ3) is 2.96. The maximum absolute atomic E-state index is 12.6. The minimum atomic E-state index is -0.0587. The first-order chi connectivity index (χ1) is 13.4. The van der Waals surface area contributed by atoms with Gasteiger partial charge in [-0.15, -0.1) is 11.3 Å². The summed E-state index contributed by atoms with van der Waals surface area (Å²) < 4.78 is 0.731. The summed E-state index contributed by atoms with van der Waals surface area (Å²) in [5, 5.41) is 12.0. The molecule has 4 aromatic rings. The third-order valence-electron chi connectivity index (χ3n) is 5.47. The Kier molecular flexibility index (Phi) is 4.83. The van der Waals surface area contributed by atoms with E-state index >= 15 is 0 Å². The van der Waals surface area contributed by atoms with Gasteiger partial charge in [0.25, 0.3) is 5.56 Å². The van der Waals surface area contributed by atoms with E-state index in [1.54, 1.807) is 0 Å². The number of nitrogens with one attached hydrogen (secondary N) is 1. The number of aromatic amines is 1. The van der Waals surface area contributed by atoms with Gasteiger partial charge in [0.15, 0.2) is 0 Å². The molecule has 28 heavy (non-hydrogen) atoms. The highest BCUT2D eigenvalue weighted by atomic mass is 32.1. The Morgan fingerprint density at radius 3 is 2.54 bits per heavy atom. The molecular formula is C23H24N2O2S. The Morgan fingerprint density at radius 1 is 1.18 bits per heavy atom. The third-order valence-corrected chi connectivity index (χ3v) is 6.52. The molecule has 0 spiro atoms. The highest BCUT2D eigenvalue weighted by molar-refractivity contribution is 7.19. The minimum Gasteiger partial charge on any atom is -0.392 e. The number of rotatable bonds is 4. The van der Waals surface area contributed by atoms with Crippen molar-refractivity contribution in [1.29, 1.82) is 0 Å². The van der Waals surface area contributed by atoms with Crippen LogP contribution in [0.2, 0.25) is 0 Å². The number of aromatic nitrogens is 1. The second-order valence-corrected chi connectivity index (χ2v) is 8.70. The molecule has 0 saturated heterocycles. The van der Waals surface area contributed by atoms with E-state index < -0.39 is 0 Å². The van der Waals surface area contributed by atoms with Gasteiger partial charge in [0.2, 0.25) is 0 Å². The fourth-order valence-electron chi connectivity index (χ4n) is 3.93. The average molecular weight is 393 g/mol. The van der Waals surface area contributed by atoms with Gasteiger partial charge in [-0.2, -0.15) is 0 Å². The standard InChI is InChI=1S/C23H24N2O2S/c1-12-8-17(11-26)19(16-6-4-15(5-7-16)13(2)10-24)20-18-9-14(3)28-22(18)23(27)25-21(12)20/h4-9,13,26H,10-11,24H2,1-3H3,(H,25,27)/t13-/m0/s1. The molecule has 1 atom stereocenters. The molecule has 4 rings (SSSR count). The molecule has 0 fully saturated rings. The fraction of sp³-hybridized carbons (Fsp3) is 0.261. The summed E-state index contributed by atoms with van der Waals surface area (Å²) in [6.45, 7) is 6.64. The minimum absolute atomic E-state index is 0.0569. The van der Waals surface area contributed by atoms with Gasteiger partial charge >= 0.3 is 0 Å². The van der Waals surface area contributed by atoms with Crippen molar-refractivity contribution in [3.8, 4) is 11.1 Å². The lowest BCUT2D eigenvalue weighted by atomic mass is 9.90. The van der Waals surface area contributed by atoms with Crippen molar-refractivity contribution in [3.63, 3.8) is 0 Å².